The van der Waals surface area contributed by atoms with Gasteiger partial charge in [-0.25, -0.2) is 0 Å². The molecule has 1 aliphatic heterocycles. The van der Waals surface area contributed by atoms with Gasteiger partial charge in [-0.05, 0) is 5.92 Å². The number of aromatic nitrogens is 2. The summed E-state index contributed by atoms with van der Waals surface area (Å²) in [7, 11) is 0. The molecule has 1 fully saturated rings. The average Bonchev–Trinajstić information content (AvgIpc) is 2.79. The minimum absolute atomic E-state index is 0.109. The largest absolute Gasteiger partial charge is 0.395 e. The molecule has 1 unspecified atom stereocenters. The highest BCUT2D eigenvalue weighted by Gasteiger charge is 2.20. The lowest BCUT2D eigenvalue weighted by atomic mass is 10.1. The molecular formula is C12H20N4O3. The summed E-state index contributed by atoms with van der Waals surface area (Å²) in [6.07, 6.45) is -0.109. The lowest BCUT2D eigenvalue weighted by molar-refractivity contribution is -0.0855. The van der Waals surface area contributed by atoms with Gasteiger partial charge in [-0.15, -0.1) is 0 Å². The number of nitrogens with two attached hydrogens (primary N) is 1. The maximum absolute atomic E-state index is 12.0. The van der Waals surface area contributed by atoms with E-state index < -0.39 is 0 Å². The van der Waals surface area contributed by atoms with Crippen LogP contribution in [0.3, 0.4) is 0 Å². The van der Waals surface area contributed by atoms with Crippen LogP contribution in [0.15, 0.2) is 0 Å². The van der Waals surface area contributed by atoms with E-state index in [1.54, 1.807) is 0 Å². The van der Waals surface area contributed by atoms with Crippen molar-refractivity contribution < 1.29 is 14.3 Å². The molecule has 7 nitrogen and oxygen atoms in total. The van der Waals surface area contributed by atoms with Crippen LogP contribution < -0.4 is 11.1 Å². The van der Waals surface area contributed by atoms with Crippen molar-refractivity contribution in [2.24, 2.45) is 0 Å². The Bertz CT molecular complexity index is 438. The molecule has 0 spiro atoms. The summed E-state index contributed by atoms with van der Waals surface area (Å²) in [6, 6.07) is 0. The second kappa shape index (κ2) is 6.03. The second-order valence-electron chi connectivity index (χ2n) is 4.83. The van der Waals surface area contributed by atoms with Gasteiger partial charge >= 0.3 is 0 Å². The minimum atomic E-state index is -0.296. The molecule has 1 aromatic rings. The zero-order valence-corrected chi connectivity index (χ0v) is 11.2. The lowest BCUT2D eigenvalue weighted by Gasteiger charge is -2.22. The molecule has 7 heteroatoms. The van der Waals surface area contributed by atoms with Crippen LogP contribution in [0.2, 0.25) is 0 Å². The summed E-state index contributed by atoms with van der Waals surface area (Å²) in [6.45, 7) is 6.02. The number of carbonyl (C=O) groups excluding carboxylic acids is 1. The standard InChI is InChI=1S/C12H20N4O3/c1-7(2)10-9(13)11(16-15-10)12(17)14-5-8-6-18-3-4-19-8/h7-8H,3-6,13H2,1-2H3,(H,14,17)(H,15,16). The number of amides is 1. The van der Waals surface area contributed by atoms with Gasteiger partial charge in [-0.1, -0.05) is 13.8 Å². The van der Waals surface area contributed by atoms with Crippen molar-refractivity contribution in [1.29, 1.82) is 0 Å². The fourth-order valence-corrected chi connectivity index (χ4v) is 1.92. The molecule has 0 radical (unpaired) electrons. The van der Waals surface area contributed by atoms with Crippen molar-refractivity contribution in [1.82, 2.24) is 15.5 Å². The van der Waals surface area contributed by atoms with Gasteiger partial charge in [0.15, 0.2) is 5.69 Å². The molecule has 1 saturated heterocycles. The van der Waals surface area contributed by atoms with Crippen LogP contribution in [-0.2, 0) is 9.47 Å². The summed E-state index contributed by atoms with van der Waals surface area (Å²) in [5.41, 5.74) is 7.33. The number of anilines is 1. The van der Waals surface area contributed by atoms with Gasteiger partial charge in [0.05, 0.1) is 37.3 Å². The van der Waals surface area contributed by atoms with Crippen LogP contribution >= 0.6 is 0 Å². The molecule has 0 bridgehead atoms. The highest BCUT2D eigenvalue weighted by atomic mass is 16.6. The fraction of sp³-hybridized carbons (Fsp3) is 0.667. The van der Waals surface area contributed by atoms with Gasteiger partial charge < -0.3 is 20.5 Å². The Balaban J connectivity index is 1.92. The van der Waals surface area contributed by atoms with Crippen LogP contribution in [0, 0.1) is 0 Å². The third-order valence-electron chi connectivity index (χ3n) is 3.00. The first kappa shape index (κ1) is 13.8. The zero-order chi connectivity index (χ0) is 13.8. The van der Waals surface area contributed by atoms with E-state index in [0.717, 1.165) is 5.69 Å². The maximum Gasteiger partial charge on any atom is 0.274 e. The Morgan fingerprint density at radius 3 is 2.95 bits per heavy atom. The molecule has 1 aliphatic rings. The van der Waals surface area contributed by atoms with Crippen molar-refractivity contribution >= 4 is 11.6 Å². The SMILES string of the molecule is CC(C)c1[nH]nc(C(=O)NCC2COCCO2)c1N. The molecule has 4 N–H and O–H groups in total. The van der Waals surface area contributed by atoms with Crippen LogP contribution in [0.4, 0.5) is 5.69 Å². The molecule has 0 saturated carbocycles. The molecule has 106 valence electrons. The first-order valence-electron chi connectivity index (χ1n) is 6.41. The van der Waals surface area contributed by atoms with Crippen molar-refractivity contribution in [3.8, 4) is 0 Å². The zero-order valence-electron chi connectivity index (χ0n) is 11.2. The number of aromatic amines is 1. The number of carbonyl (C=O) groups is 1. The number of nitrogens with zero attached hydrogens (tertiary/aromatic N) is 1. The summed E-state index contributed by atoms with van der Waals surface area (Å²) in [4.78, 5) is 12.0. The number of hydrogen-bond acceptors (Lipinski definition) is 5. The molecule has 1 atom stereocenters. The van der Waals surface area contributed by atoms with Crippen LogP contribution in [0.25, 0.3) is 0 Å². The van der Waals surface area contributed by atoms with E-state index in [1.807, 2.05) is 13.8 Å². The molecular weight excluding hydrogens is 248 g/mol. The van der Waals surface area contributed by atoms with Crippen molar-refractivity contribution in [2.45, 2.75) is 25.9 Å². The smallest absolute Gasteiger partial charge is 0.274 e. The van der Waals surface area contributed by atoms with E-state index in [9.17, 15) is 4.79 Å². The predicted octanol–water partition coefficient (Wildman–Crippen LogP) is 0.261. The van der Waals surface area contributed by atoms with Gasteiger partial charge in [0.1, 0.15) is 0 Å². The number of rotatable bonds is 4. The molecule has 1 amide bonds. The third-order valence-corrected chi connectivity index (χ3v) is 3.00. The van der Waals surface area contributed by atoms with Crippen molar-refractivity contribution in [3.05, 3.63) is 11.4 Å². The number of nitrogens with one attached hydrogen (secondary N) is 2. The maximum atomic E-state index is 12.0. The molecule has 1 aromatic heterocycles. The predicted molar refractivity (Wildman–Crippen MR) is 70.0 cm³/mol. The van der Waals surface area contributed by atoms with E-state index in [1.165, 1.54) is 0 Å². The van der Waals surface area contributed by atoms with Gasteiger partial charge in [-0.2, -0.15) is 5.10 Å². The van der Waals surface area contributed by atoms with Crippen LogP contribution in [0.1, 0.15) is 35.9 Å². The number of nitrogen functional groups attached to an aromatic ring is 1. The summed E-state index contributed by atoms with van der Waals surface area (Å²) in [5.74, 6) is -0.0982. The first-order valence-corrected chi connectivity index (χ1v) is 6.41. The Kier molecular flexibility index (Phi) is 4.39. The number of H-pyrrole nitrogens is 1. The summed E-state index contributed by atoms with van der Waals surface area (Å²) < 4.78 is 10.7. The van der Waals surface area contributed by atoms with E-state index >= 15 is 0 Å². The molecule has 2 rings (SSSR count). The first-order chi connectivity index (χ1) is 9.09. The Morgan fingerprint density at radius 1 is 1.58 bits per heavy atom. The normalized spacial score (nSPS) is 19.6. The summed E-state index contributed by atoms with van der Waals surface area (Å²) >= 11 is 0. The number of hydrogen-bond donors (Lipinski definition) is 3. The van der Waals surface area contributed by atoms with Crippen molar-refractivity contribution in [2.75, 3.05) is 32.1 Å². The second-order valence-corrected chi connectivity index (χ2v) is 4.83. The highest BCUT2D eigenvalue weighted by Crippen LogP contribution is 2.21. The van der Waals surface area contributed by atoms with Crippen molar-refractivity contribution in [3.63, 3.8) is 0 Å². The topological polar surface area (TPSA) is 102 Å². The van der Waals surface area contributed by atoms with E-state index in [0.29, 0.717) is 32.1 Å². The lowest BCUT2D eigenvalue weighted by Crippen LogP contribution is -2.40. The highest BCUT2D eigenvalue weighted by molar-refractivity contribution is 5.97. The average molecular weight is 268 g/mol. The molecule has 2 heterocycles. The van der Waals surface area contributed by atoms with Gasteiger partial charge in [0.2, 0.25) is 0 Å². The molecule has 19 heavy (non-hydrogen) atoms. The monoisotopic (exact) mass is 268 g/mol. The molecule has 0 aromatic carbocycles. The summed E-state index contributed by atoms with van der Waals surface area (Å²) in [5, 5.41) is 9.52. The Labute approximate surface area is 111 Å². The Morgan fingerprint density at radius 2 is 2.37 bits per heavy atom. The quantitative estimate of drug-likeness (QED) is 0.727. The van der Waals surface area contributed by atoms with Crippen LogP contribution in [0.5, 0.6) is 0 Å². The fourth-order valence-electron chi connectivity index (χ4n) is 1.92. The van der Waals surface area contributed by atoms with Gasteiger partial charge in [0.25, 0.3) is 5.91 Å². The van der Waals surface area contributed by atoms with E-state index in [4.69, 9.17) is 15.2 Å². The van der Waals surface area contributed by atoms with E-state index in [-0.39, 0.29) is 23.6 Å². The Hall–Kier alpha value is -1.60. The number of ether oxygens (including phenoxy) is 2. The minimum Gasteiger partial charge on any atom is -0.395 e. The van der Waals surface area contributed by atoms with Crippen LogP contribution in [-0.4, -0.2) is 48.6 Å². The van der Waals surface area contributed by atoms with Gasteiger partial charge in [-0.3, -0.25) is 9.89 Å². The third kappa shape index (κ3) is 3.24. The van der Waals surface area contributed by atoms with E-state index in [2.05, 4.69) is 15.5 Å². The van der Waals surface area contributed by atoms with Gasteiger partial charge in [0, 0.05) is 6.54 Å². The molecule has 0 aliphatic carbocycles.